The van der Waals surface area contributed by atoms with Crippen molar-refractivity contribution in [2.75, 3.05) is 13.7 Å². The van der Waals surface area contributed by atoms with Crippen molar-refractivity contribution in [3.05, 3.63) is 77.4 Å². The molecule has 2 heterocycles. The average Bonchev–Trinajstić information content (AvgIpc) is 3.25. The lowest BCUT2D eigenvalue weighted by Crippen LogP contribution is -2.32. The van der Waals surface area contributed by atoms with Gasteiger partial charge in [-0.25, -0.2) is 8.42 Å². The number of hydrogen-bond donors (Lipinski definition) is 1. The summed E-state index contributed by atoms with van der Waals surface area (Å²) in [7, 11) is -2.06. The molecule has 0 saturated heterocycles. The van der Waals surface area contributed by atoms with Gasteiger partial charge < -0.3 is 10.1 Å². The van der Waals surface area contributed by atoms with E-state index in [9.17, 15) is 13.2 Å². The molecule has 1 N–H and O–H groups in total. The summed E-state index contributed by atoms with van der Waals surface area (Å²) in [5.41, 5.74) is 1.36. The molecule has 28 heavy (non-hydrogen) atoms. The molecule has 2 aromatic heterocycles. The van der Waals surface area contributed by atoms with Gasteiger partial charge in [-0.2, -0.15) is 0 Å². The lowest BCUT2D eigenvalue weighted by atomic mass is 10.1. The van der Waals surface area contributed by atoms with E-state index in [1.807, 2.05) is 0 Å². The van der Waals surface area contributed by atoms with Gasteiger partial charge in [0.2, 0.25) is 5.91 Å². The van der Waals surface area contributed by atoms with Crippen molar-refractivity contribution >= 4 is 27.1 Å². The highest BCUT2D eigenvalue weighted by molar-refractivity contribution is 7.93. The first-order valence-electron chi connectivity index (χ1n) is 8.57. The van der Waals surface area contributed by atoms with Crippen LogP contribution < -0.4 is 10.1 Å². The van der Waals surface area contributed by atoms with Crippen molar-refractivity contribution in [1.82, 2.24) is 10.3 Å². The summed E-state index contributed by atoms with van der Waals surface area (Å²) in [6.07, 6.45) is 3.26. The Bertz CT molecular complexity index is 1000. The molecule has 6 nitrogen and oxygen atoms in total. The molecule has 0 fully saturated rings. The summed E-state index contributed by atoms with van der Waals surface area (Å²) in [6, 6.07) is 13.8. The number of hydrogen-bond acceptors (Lipinski definition) is 6. The van der Waals surface area contributed by atoms with E-state index in [4.69, 9.17) is 4.74 Å². The summed E-state index contributed by atoms with van der Waals surface area (Å²) >= 11 is 1.16. The third-order valence-corrected chi connectivity index (χ3v) is 7.75. The van der Waals surface area contributed by atoms with E-state index in [1.54, 1.807) is 67.2 Å². The van der Waals surface area contributed by atoms with Crippen LogP contribution in [0.15, 0.2) is 70.5 Å². The Labute approximate surface area is 168 Å². The van der Waals surface area contributed by atoms with Crippen molar-refractivity contribution in [3.8, 4) is 5.75 Å². The van der Waals surface area contributed by atoms with Gasteiger partial charge in [0, 0.05) is 18.9 Å². The van der Waals surface area contributed by atoms with Crippen molar-refractivity contribution in [2.24, 2.45) is 0 Å². The summed E-state index contributed by atoms with van der Waals surface area (Å²) in [6.45, 7) is -0.0269. The molecule has 0 spiro atoms. The number of sulfone groups is 1. The standard InChI is InChI=1S/C20H20N2O4S2/c1-26-17-8-6-15(7-9-17)12-19(23)22-14-18(16-4-2-10-21-13-16)28(24,25)20-5-3-11-27-20/h2-11,13,18H,12,14H2,1H3,(H,22,23)/t18-/m1/s1. The van der Waals surface area contributed by atoms with Gasteiger partial charge in [-0.05, 0) is 40.8 Å². The molecule has 0 aliphatic rings. The Morgan fingerprint density at radius 1 is 1.18 bits per heavy atom. The number of carbonyl (C=O) groups excluding carboxylic acids is 1. The lowest BCUT2D eigenvalue weighted by molar-refractivity contribution is -0.120. The molecule has 1 amide bonds. The molecule has 1 atom stereocenters. The molecule has 0 bridgehead atoms. The zero-order chi connectivity index (χ0) is 20.0. The highest BCUT2D eigenvalue weighted by Crippen LogP contribution is 2.30. The molecule has 146 valence electrons. The van der Waals surface area contributed by atoms with E-state index in [2.05, 4.69) is 10.3 Å². The lowest BCUT2D eigenvalue weighted by Gasteiger charge is -2.18. The molecular weight excluding hydrogens is 396 g/mol. The number of methoxy groups -OCH3 is 1. The molecule has 0 aliphatic carbocycles. The zero-order valence-corrected chi connectivity index (χ0v) is 16.9. The van der Waals surface area contributed by atoms with Crippen LogP contribution in [0.1, 0.15) is 16.4 Å². The number of nitrogens with zero attached hydrogens (tertiary/aromatic N) is 1. The van der Waals surface area contributed by atoms with Crippen LogP contribution in [-0.4, -0.2) is 33.0 Å². The van der Waals surface area contributed by atoms with Crippen LogP contribution in [0.4, 0.5) is 0 Å². The van der Waals surface area contributed by atoms with Gasteiger partial charge in [-0.3, -0.25) is 9.78 Å². The maximum Gasteiger partial charge on any atom is 0.224 e. The number of thiophene rings is 1. The summed E-state index contributed by atoms with van der Waals surface area (Å²) in [5, 5.41) is 3.57. The largest absolute Gasteiger partial charge is 0.497 e. The minimum absolute atomic E-state index is 0.0269. The summed E-state index contributed by atoms with van der Waals surface area (Å²) < 4.78 is 31.5. The van der Waals surface area contributed by atoms with Crippen LogP contribution in [0, 0.1) is 0 Å². The van der Waals surface area contributed by atoms with E-state index in [1.165, 1.54) is 6.20 Å². The van der Waals surface area contributed by atoms with Crippen LogP contribution in [0.2, 0.25) is 0 Å². The Morgan fingerprint density at radius 2 is 1.96 bits per heavy atom. The molecule has 3 aromatic rings. The van der Waals surface area contributed by atoms with E-state index in [-0.39, 0.29) is 23.1 Å². The maximum atomic E-state index is 13.1. The number of carbonyl (C=O) groups is 1. The minimum Gasteiger partial charge on any atom is -0.497 e. The minimum atomic E-state index is -3.64. The molecule has 0 aliphatic heterocycles. The van der Waals surface area contributed by atoms with Crippen molar-refractivity contribution in [3.63, 3.8) is 0 Å². The molecule has 0 unspecified atom stereocenters. The Balaban J connectivity index is 1.74. The van der Waals surface area contributed by atoms with Gasteiger partial charge in [-0.1, -0.05) is 24.3 Å². The van der Waals surface area contributed by atoms with Crippen molar-refractivity contribution in [2.45, 2.75) is 15.9 Å². The van der Waals surface area contributed by atoms with Crippen LogP contribution in [0.3, 0.4) is 0 Å². The fourth-order valence-electron chi connectivity index (χ4n) is 2.74. The first-order chi connectivity index (χ1) is 13.5. The van der Waals surface area contributed by atoms with E-state index < -0.39 is 15.1 Å². The number of rotatable bonds is 8. The summed E-state index contributed by atoms with van der Waals surface area (Å²) in [4.78, 5) is 16.4. The van der Waals surface area contributed by atoms with Crippen LogP contribution in [0.5, 0.6) is 5.75 Å². The molecular formula is C20H20N2O4S2. The van der Waals surface area contributed by atoms with Gasteiger partial charge in [0.25, 0.3) is 0 Å². The fourth-order valence-corrected chi connectivity index (χ4v) is 5.59. The second kappa shape index (κ2) is 8.99. The van der Waals surface area contributed by atoms with Crippen molar-refractivity contribution in [1.29, 1.82) is 0 Å². The Kier molecular flexibility index (Phi) is 6.43. The summed E-state index contributed by atoms with van der Waals surface area (Å²) in [5.74, 6) is 0.461. The van der Waals surface area contributed by atoms with Crippen molar-refractivity contribution < 1.29 is 17.9 Å². The highest BCUT2D eigenvalue weighted by Gasteiger charge is 2.30. The maximum absolute atomic E-state index is 13.1. The van der Waals surface area contributed by atoms with Gasteiger partial charge in [0.1, 0.15) is 15.2 Å². The van der Waals surface area contributed by atoms with E-state index in [0.717, 1.165) is 16.9 Å². The number of nitrogens with one attached hydrogen (secondary N) is 1. The molecule has 8 heteroatoms. The van der Waals surface area contributed by atoms with Crippen LogP contribution in [-0.2, 0) is 21.1 Å². The number of amides is 1. The zero-order valence-electron chi connectivity index (χ0n) is 15.2. The number of benzene rings is 1. The fraction of sp³-hybridized carbons (Fsp3) is 0.200. The average molecular weight is 417 g/mol. The number of pyridine rings is 1. The van der Waals surface area contributed by atoms with Crippen LogP contribution >= 0.6 is 11.3 Å². The van der Waals surface area contributed by atoms with E-state index >= 15 is 0 Å². The highest BCUT2D eigenvalue weighted by atomic mass is 32.2. The van der Waals surface area contributed by atoms with Gasteiger partial charge >= 0.3 is 0 Å². The molecule has 3 rings (SSSR count). The predicted octanol–water partition coefficient (Wildman–Crippen LogP) is 3.03. The predicted molar refractivity (Wildman–Crippen MR) is 108 cm³/mol. The first kappa shape index (κ1) is 20.0. The molecule has 1 aromatic carbocycles. The third kappa shape index (κ3) is 4.76. The van der Waals surface area contributed by atoms with Gasteiger partial charge in [0.15, 0.2) is 9.84 Å². The first-order valence-corrected chi connectivity index (χ1v) is 11.0. The Hall–Kier alpha value is -2.71. The quantitative estimate of drug-likeness (QED) is 0.610. The third-order valence-electron chi connectivity index (χ3n) is 4.21. The van der Waals surface area contributed by atoms with Gasteiger partial charge in [-0.15, -0.1) is 11.3 Å². The monoisotopic (exact) mass is 416 g/mol. The Morgan fingerprint density at radius 3 is 2.57 bits per heavy atom. The SMILES string of the molecule is COc1ccc(CC(=O)NC[C@H](c2cccnc2)S(=O)(=O)c2cccs2)cc1. The van der Waals surface area contributed by atoms with Crippen LogP contribution in [0.25, 0.3) is 0 Å². The normalized spacial score (nSPS) is 12.3. The topological polar surface area (TPSA) is 85.4 Å². The van der Waals surface area contributed by atoms with Gasteiger partial charge in [0.05, 0.1) is 13.5 Å². The molecule has 0 saturated carbocycles. The number of aromatic nitrogens is 1. The smallest absolute Gasteiger partial charge is 0.224 e. The number of ether oxygens (including phenoxy) is 1. The second-order valence-corrected chi connectivity index (χ2v) is 9.39. The van der Waals surface area contributed by atoms with E-state index in [0.29, 0.717) is 11.3 Å². The molecule has 0 radical (unpaired) electrons. The second-order valence-electron chi connectivity index (χ2n) is 6.08.